The molecule has 4 aromatic rings. The number of pyridine rings is 1. The summed E-state index contributed by atoms with van der Waals surface area (Å²) in [4.78, 5) is 4.62. The van der Waals surface area contributed by atoms with Crippen molar-refractivity contribution < 1.29 is 0 Å². The summed E-state index contributed by atoms with van der Waals surface area (Å²) in [6.45, 7) is 13.6. The Labute approximate surface area is 234 Å². The van der Waals surface area contributed by atoms with Gasteiger partial charge < -0.3 is 0 Å². The minimum absolute atomic E-state index is 0.129. The molecule has 0 fully saturated rings. The first-order valence-corrected chi connectivity index (χ1v) is 13.9. The standard InChI is InChI=1S/C38H39N/c1-37(2,3)34-18-14-27(15-19-34)31-24-32(28-16-20-35(21-17-28)38(4,5)6)26-33(25-31)29-11-7-8-12-30(23-29)36-13-9-10-22-39-36/h7,9-26H,8H2,1-6H3. The Morgan fingerprint density at radius 3 is 1.59 bits per heavy atom. The summed E-state index contributed by atoms with van der Waals surface area (Å²) in [6.07, 6.45) is 11.8. The SMILES string of the molecule is CC(C)(C)c1ccc(-c2cc(C3=CC(c4ccccn4)=CCC=C3)cc(-c3ccc(C(C)(C)C)cc3)c2)cc1. The molecule has 5 rings (SSSR count). The van der Waals surface area contributed by atoms with Crippen molar-refractivity contribution in [2.45, 2.75) is 58.8 Å². The van der Waals surface area contributed by atoms with Crippen LogP contribution in [0, 0.1) is 0 Å². The van der Waals surface area contributed by atoms with Crippen molar-refractivity contribution in [3.05, 3.63) is 138 Å². The van der Waals surface area contributed by atoms with Crippen molar-refractivity contribution in [3.63, 3.8) is 0 Å². The molecule has 196 valence electrons. The molecule has 39 heavy (non-hydrogen) atoms. The number of allylic oxidation sites excluding steroid dienone is 6. The monoisotopic (exact) mass is 509 g/mol. The van der Waals surface area contributed by atoms with E-state index in [-0.39, 0.29) is 10.8 Å². The zero-order valence-corrected chi connectivity index (χ0v) is 24.1. The van der Waals surface area contributed by atoms with Crippen LogP contribution >= 0.6 is 0 Å². The topological polar surface area (TPSA) is 12.9 Å². The number of benzene rings is 3. The van der Waals surface area contributed by atoms with Crippen LogP contribution < -0.4 is 0 Å². The van der Waals surface area contributed by atoms with Crippen LogP contribution in [0.25, 0.3) is 33.4 Å². The van der Waals surface area contributed by atoms with Gasteiger partial charge in [-0.25, -0.2) is 0 Å². The maximum atomic E-state index is 4.62. The van der Waals surface area contributed by atoms with Crippen LogP contribution in [0.3, 0.4) is 0 Å². The number of rotatable bonds is 4. The molecule has 0 saturated heterocycles. The van der Waals surface area contributed by atoms with Gasteiger partial charge in [0.25, 0.3) is 0 Å². The smallest absolute Gasteiger partial charge is 0.0699 e. The molecule has 0 radical (unpaired) electrons. The zero-order valence-electron chi connectivity index (χ0n) is 24.1. The molecule has 1 aromatic heterocycles. The molecular formula is C38H39N. The quantitative estimate of drug-likeness (QED) is 0.267. The molecule has 0 saturated carbocycles. The van der Waals surface area contributed by atoms with Gasteiger partial charge in [0, 0.05) is 6.20 Å². The Morgan fingerprint density at radius 1 is 0.564 bits per heavy atom. The van der Waals surface area contributed by atoms with E-state index in [0.717, 1.165) is 17.7 Å². The second-order valence-electron chi connectivity index (χ2n) is 12.6. The van der Waals surface area contributed by atoms with Gasteiger partial charge in [-0.15, -0.1) is 0 Å². The lowest BCUT2D eigenvalue weighted by atomic mass is 9.85. The Bertz CT molecular complexity index is 1460. The molecule has 0 unspecified atom stereocenters. The van der Waals surface area contributed by atoms with Crippen molar-refractivity contribution >= 4 is 11.1 Å². The highest BCUT2D eigenvalue weighted by Gasteiger charge is 2.16. The summed E-state index contributed by atoms with van der Waals surface area (Å²) in [7, 11) is 0. The highest BCUT2D eigenvalue weighted by Crippen LogP contribution is 2.35. The van der Waals surface area contributed by atoms with Gasteiger partial charge in [0.15, 0.2) is 0 Å². The molecule has 0 spiro atoms. The summed E-state index contributed by atoms with van der Waals surface area (Å²) in [6, 6.07) is 31.2. The number of hydrogen-bond acceptors (Lipinski definition) is 1. The van der Waals surface area contributed by atoms with Gasteiger partial charge in [-0.2, -0.15) is 0 Å². The third-order valence-corrected chi connectivity index (χ3v) is 7.48. The fourth-order valence-electron chi connectivity index (χ4n) is 5.01. The molecule has 1 aliphatic rings. The van der Waals surface area contributed by atoms with E-state index in [1.807, 2.05) is 12.3 Å². The maximum Gasteiger partial charge on any atom is 0.0699 e. The van der Waals surface area contributed by atoms with Crippen LogP contribution in [0.2, 0.25) is 0 Å². The van der Waals surface area contributed by atoms with Crippen molar-refractivity contribution in [1.29, 1.82) is 0 Å². The van der Waals surface area contributed by atoms with Gasteiger partial charge in [-0.3, -0.25) is 4.98 Å². The lowest BCUT2D eigenvalue weighted by molar-refractivity contribution is 0.590. The van der Waals surface area contributed by atoms with Gasteiger partial charge in [-0.05, 0) is 104 Å². The van der Waals surface area contributed by atoms with Crippen molar-refractivity contribution in [1.82, 2.24) is 4.98 Å². The van der Waals surface area contributed by atoms with E-state index >= 15 is 0 Å². The highest BCUT2D eigenvalue weighted by molar-refractivity contribution is 5.90. The van der Waals surface area contributed by atoms with Crippen LogP contribution in [-0.4, -0.2) is 4.98 Å². The van der Waals surface area contributed by atoms with Crippen molar-refractivity contribution in [2.75, 3.05) is 0 Å². The minimum atomic E-state index is 0.129. The predicted octanol–water partition coefficient (Wildman–Crippen LogP) is 10.4. The molecule has 1 heteroatoms. The average molecular weight is 510 g/mol. The van der Waals surface area contributed by atoms with Gasteiger partial charge >= 0.3 is 0 Å². The molecule has 0 amide bonds. The lowest BCUT2D eigenvalue weighted by Crippen LogP contribution is -2.10. The first kappa shape index (κ1) is 26.6. The largest absolute Gasteiger partial charge is 0.256 e. The first-order valence-electron chi connectivity index (χ1n) is 13.9. The molecule has 0 N–H and O–H groups in total. The van der Waals surface area contributed by atoms with Gasteiger partial charge in [0.2, 0.25) is 0 Å². The molecule has 1 nitrogen and oxygen atoms in total. The summed E-state index contributed by atoms with van der Waals surface area (Å²) < 4.78 is 0. The maximum absolute atomic E-state index is 4.62. The van der Waals surface area contributed by atoms with Crippen LogP contribution in [-0.2, 0) is 10.8 Å². The molecular weight excluding hydrogens is 470 g/mol. The molecule has 3 aromatic carbocycles. The van der Waals surface area contributed by atoms with E-state index in [1.165, 1.54) is 44.5 Å². The minimum Gasteiger partial charge on any atom is -0.256 e. The third kappa shape index (κ3) is 6.20. The zero-order chi connectivity index (χ0) is 27.6. The summed E-state index contributed by atoms with van der Waals surface area (Å²) in [5.74, 6) is 0. The third-order valence-electron chi connectivity index (χ3n) is 7.48. The summed E-state index contributed by atoms with van der Waals surface area (Å²) in [5, 5.41) is 0. The molecule has 0 bridgehead atoms. The fraction of sp³-hybridized carbons (Fsp3) is 0.237. The lowest BCUT2D eigenvalue weighted by Gasteiger charge is -2.20. The van der Waals surface area contributed by atoms with Crippen LogP contribution in [0.15, 0.2) is 115 Å². The van der Waals surface area contributed by atoms with Gasteiger partial charge in [0.1, 0.15) is 0 Å². The summed E-state index contributed by atoms with van der Waals surface area (Å²) >= 11 is 0. The van der Waals surface area contributed by atoms with Crippen LogP contribution in [0.1, 0.15) is 70.3 Å². The van der Waals surface area contributed by atoms with E-state index in [4.69, 9.17) is 0 Å². The molecule has 1 heterocycles. The van der Waals surface area contributed by atoms with Gasteiger partial charge in [-0.1, -0.05) is 114 Å². The van der Waals surface area contributed by atoms with E-state index in [2.05, 4.69) is 150 Å². The van der Waals surface area contributed by atoms with E-state index in [1.54, 1.807) is 0 Å². The van der Waals surface area contributed by atoms with E-state index in [9.17, 15) is 0 Å². The number of hydrogen-bond donors (Lipinski definition) is 0. The summed E-state index contributed by atoms with van der Waals surface area (Å²) in [5.41, 5.74) is 12.4. The highest BCUT2D eigenvalue weighted by atomic mass is 14.7. The molecule has 0 atom stereocenters. The van der Waals surface area contributed by atoms with Gasteiger partial charge in [0.05, 0.1) is 5.69 Å². The molecule has 1 aliphatic carbocycles. The molecule has 0 aliphatic heterocycles. The van der Waals surface area contributed by atoms with Crippen molar-refractivity contribution in [3.8, 4) is 22.3 Å². The first-order chi connectivity index (χ1) is 18.6. The number of nitrogens with zero attached hydrogens (tertiary/aromatic N) is 1. The Morgan fingerprint density at radius 2 is 1.10 bits per heavy atom. The second-order valence-corrected chi connectivity index (χ2v) is 12.6. The van der Waals surface area contributed by atoms with Crippen LogP contribution in [0.5, 0.6) is 0 Å². The average Bonchev–Trinajstić information content (AvgIpc) is 3.19. The normalized spacial score (nSPS) is 14.0. The fourth-order valence-corrected chi connectivity index (χ4v) is 5.01. The van der Waals surface area contributed by atoms with Crippen molar-refractivity contribution in [2.24, 2.45) is 0 Å². The van der Waals surface area contributed by atoms with E-state index in [0.29, 0.717) is 0 Å². The van der Waals surface area contributed by atoms with Crippen LogP contribution in [0.4, 0.5) is 0 Å². The van der Waals surface area contributed by atoms with E-state index < -0.39 is 0 Å². The number of aromatic nitrogens is 1. The Kier molecular flexibility index (Phi) is 7.28. The Balaban J connectivity index is 1.63. The second kappa shape index (κ2) is 10.7. The predicted molar refractivity (Wildman–Crippen MR) is 169 cm³/mol. The Hall–Kier alpha value is -3.97.